The number of aromatic nitrogens is 4. The summed E-state index contributed by atoms with van der Waals surface area (Å²) < 4.78 is 1.72. The Morgan fingerprint density at radius 2 is 2.00 bits per heavy atom. The summed E-state index contributed by atoms with van der Waals surface area (Å²) in [6.07, 6.45) is 0. The Hall–Kier alpha value is -1.91. The van der Waals surface area contributed by atoms with E-state index in [0.29, 0.717) is 5.69 Å². The van der Waals surface area contributed by atoms with Crippen molar-refractivity contribution in [2.45, 2.75) is 26.2 Å². The number of nitrogen functional groups attached to an aromatic ring is 1. The van der Waals surface area contributed by atoms with E-state index in [1.165, 1.54) is 0 Å². The van der Waals surface area contributed by atoms with Gasteiger partial charge in [0.15, 0.2) is 5.82 Å². The topological polar surface area (TPSA) is 69.6 Å². The van der Waals surface area contributed by atoms with Crippen molar-refractivity contribution in [3.8, 4) is 5.69 Å². The SMILES string of the molecule is CC(C)(C)c1nnnn1-c1cccc(N)c1. The molecule has 0 amide bonds. The second-order valence-corrected chi connectivity index (χ2v) is 4.76. The molecule has 0 radical (unpaired) electrons. The van der Waals surface area contributed by atoms with Crippen molar-refractivity contribution in [2.24, 2.45) is 0 Å². The van der Waals surface area contributed by atoms with Crippen molar-refractivity contribution in [3.05, 3.63) is 30.1 Å². The highest BCUT2D eigenvalue weighted by atomic mass is 15.5. The van der Waals surface area contributed by atoms with Gasteiger partial charge in [0.05, 0.1) is 5.69 Å². The minimum absolute atomic E-state index is 0.103. The summed E-state index contributed by atoms with van der Waals surface area (Å²) in [6, 6.07) is 7.51. The van der Waals surface area contributed by atoms with Crippen molar-refractivity contribution >= 4 is 5.69 Å². The summed E-state index contributed by atoms with van der Waals surface area (Å²) in [5.41, 5.74) is 7.22. The summed E-state index contributed by atoms with van der Waals surface area (Å²) in [6.45, 7) is 6.21. The molecule has 0 aliphatic carbocycles. The molecule has 2 rings (SSSR count). The molecule has 1 heterocycles. The third kappa shape index (κ3) is 1.88. The molecular weight excluding hydrogens is 202 g/mol. The largest absolute Gasteiger partial charge is 0.399 e. The highest BCUT2D eigenvalue weighted by Crippen LogP contribution is 2.22. The van der Waals surface area contributed by atoms with Crippen molar-refractivity contribution in [1.82, 2.24) is 20.2 Å². The van der Waals surface area contributed by atoms with E-state index in [1.807, 2.05) is 24.3 Å². The van der Waals surface area contributed by atoms with E-state index in [4.69, 9.17) is 5.73 Å². The molecule has 0 aliphatic heterocycles. The number of benzene rings is 1. The number of rotatable bonds is 1. The van der Waals surface area contributed by atoms with Gasteiger partial charge in [0, 0.05) is 11.1 Å². The summed E-state index contributed by atoms with van der Waals surface area (Å²) in [5.74, 6) is 0.818. The van der Waals surface area contributed by atoms with E-state index >= 15 is 0 Å². The van der Waals surface area contributed by atoms with Crippen LogP contribution in [0, 0.1) is 0 Å². The van der Waals surface area contributed by atoms with Crippen LogP contribution < -0.4 is 5.73 Å². The Morgan fingerprint density at radius 3 is 2.62 bits per heavy atom. The van der Waals surface area contributed by atoms with Gasteiger partial charge >= 0.3 is 0 Å². The first kappa shape index (κ1) is 10.6. The van der Waals surface area contributed by atoms with Gasteiger partial charge in [-0.1, -0.05) is 26.8 Å². The van der Waals surface area contributed by atoms with Crippen LogP contribution >= 0.6 is 0 Å². The average molecular weight is 217 g/mol. The van der Waals surface area contributed by atoms with Gasteiger partial charge in [-0.05, 0) is 28.6 Å². The van der Waals surface area contributed by atoms with Crippen LogP contribution in [0.5, 0.6) is 0 Å². The third-order valence-corrected chi connectivity index (χ3v) is 2.26. The first-order chi connectivity index (χ1) is 7.48. The Kier molecular flexibility index (Phi) is 2.38. The average Bonchev–Trinajstić information content (AvgIpc) is 2.65. The molecule has 5 nitrogen and oxygen atoms in total. The summed E-state index contributed by atoms with van der Waals surface area (Å²) in [5, 5.41) is 11.8. The minimum Gasteiger partial charge on any atom is -0.399 e. The van der Waals surface area contributed by atoms with Crippen LogP contribution in [-0.4, -0.2) is 20.2 Å². The molecule has 0 unspecified atom stereocenters. The lowest BCUT2D eigenvalue weighted by Gasteiger charge is -2.17. The van der Waals surface area contributed by atoms with E-state index in [-0.39, 0.29) is 5.41 Å². The zero-order valence-electron chi connectivity index (χ0n) is 9.68. The first-order valence-corrected chi connectivity index (χ1v) is 5.13. The fraction of sp³-hybridized carbons (Fsp3) is 0.364. The zero-order valence-corrected chi connectivity index (χ0v) is 9.68. The molecule has 2 aromatic rings. The van der Waals surface area contributed by atoms with E-state index in [0.717, 1.165) is 11.5 Å². The molecule has 0 spiro atoms. The number of hydrogen-bond donors (Lipinski definition) is 1. The first-order valence-electron chi connectivity index (χ1n) is 5.13. The maximum atomic E-state index is 5.74. The maximum Gasteiger partial charge on any atom is 0.162 e. The van der Waals surface area contributed by atoms with Crippen molar-refractivity contribution in [3.63, 3.8) is 0 Å². The van der Waals surface area contributed by atoms with Gasteiger partial charge in [-0.25, -0.2) is 0 Å². The lowest BCUT2D eigenvalue weighted by atomic mass is 9.96. The predicted octanol–water partition coefficient (Wildman–Crippen LogP) is 1.54. The van der Waals surface area contributed by atoms with Gasteiger partial charge in [-0.15, -0.1) is 5.10 Å². The van der Waals surface area contributed by atoms with E-state index in [1.54, 1.807) is 4.68 Å². The van der Waals surface area contributed by atoms with E-state index in [2.05, 4.69) is 36.3 Å². The molecule has 16 heavy (non-hydrogen) atoms. The van der Waals surface area contributed by atoms with Gasteiger partial charge in [0.25, 0.3) is 0 Å². The van der Waals surface area contributed by atoms with Gasteiger partial charge in [0.1, 0.15) is 0 Å². The minimum atomic E-state index is -0.103. The van der Waals surface area contributed by atoms with Crippen molar-refractivity contribution in [2.75, 3.05) is 5.73 Å². The molecule has 0 fully saturated rings. The predicted molar refractivity (Wildman–Crippen MR) is 62.3 cm³/mol. The fourth-order valence-corrected chi connectivity index (χ4v) is 1.49. The number of hydrogen-bond acceptors (Lipinski definition) is 4. The highest BCUT2D eigenvalue weighted by Gasteiger charge is 2.22. The Morgan fingerprint density at radius 1 is 1.25 bits per heavy atom. The third-order valence-electron chi connectivity index (χ3n) is 2.26. The molecule has 1 aromatic carbocycles. The lowest BCUT2D eigenvalue weighted by Crippen LogP contribution is -2.18. The quantitative estimate of drug-likeness (QED) is 0.736. The summed E-state index contributed by atoms with van der Waals surface area (Å²) in [4.78, 5) is 0. The van der Waals surface area contributed by atoms with Crippen LogP contribution in [0.2, 0.25) is 0 Å². The number of tetrazole rings is 1. The van der Waals surface area contributed by atoms with Gasteiger partial charge < -0.3 is 5.73 Å². The van der Waals surface area contributed by atoms with Crippen LogP contribution in [-0.2, 0) is 5.41 Å². The second kappa shape index (κ2) is 3.59. The zero-order chi connectivity index (χ0) is 11.8. The van der Waals surface area contributed by atoms with Gasteiger partial charge in [-0.2, -0.15) is 4.68 Å². The molecule has 84 valence electrons. The van der Waals surface area contributed by atoms with Gasteiger partial charge in [-0.3, -0.25) is 0 Å². The molecule has 0 atom stereocenters. The standard InChI is InChI=1S/C11H15N5/c1-11(2,3)10-13-14-15-16(10)9-6-4-5-8(12)7-9/h4-7H,12H2,1-3H3. The van der Waals surface area contributed by atoms with E-state index in [9.17, 15) is 0 Å². The molecule has 1 aromatic heterocycles. The molecule has 0 saturated heterocycles. The van der Waals surface area contributed by atoms with Crippen molar-refractivity contribution < 1.29 is 0 Å². The Balaban J connectivity index is 2.53. The number of nitrogens with zero attached hydrogens (tertiary/aromatic N) is 4. The Labute approximate surface area is 94.3 Å². The highest BCUT2D eigenvalue weighted by molar-refractivity contribution is 5.47. The monoisotopic (exact) mass is 217 g/mol. The second-order valence-electron chi connectivity index (χ2n) is 4.76. The van der Waals surface area contributed by atoms with Crippen molar-refractivity contribution in [1.29, 1.82) is 0 Å². The number of nitrogens with two attached hydrogens (primary N) is 1. The van der Waals surface area contributed by atoms with Crippen LogP contribution in [0.15, 0.2) is 24.3 Å². The number of anilines is 1. The normalized spacial score (nSPS) is 11.7. The molecule has 0 saturated carbocycles. The van der Waals surface area contributed by atoms with Gasteiger partial charge in [0.2, 0.25) is 0 Å². The summed E-state index contributed by atoms with van der Waals surface area (Å²) in [7, 11) is 0. The molecule has 0 aliphatic rings. The van der Waals surface area contributed by atoms with Crippen LogP contribution in [0.3, 0.4) is 0 Å². The smallest absolute Gasteiger partial charge is 0.162 e. The fourth-order valence-electron chi connectivity index (χ4n) is 1.49. The molecule has 5 heteroatoms. The van der Waals surface area contributed by atoms with Crippen LogP contribution in [0.1, 0.15) is 26.6 Å². The molecule has 0 bridgehead atoms. The molecular formula is C11H15N5. The van der Waals surface area contributed by atoms with E-state index < -0.39 is 0 Å². The lowest BCUT2D eigenvalue weighted by molar-refractivity contribution is 0.526. The Bertz CT molecular complexity index is 495. The van der Waals surface area contributed by atoms with Crippen LogP contribution in [0.4, 0.5) is 5.69 Å². The summed E-state index contributed by atoms with van der Waals surface area (Å²) >= 11 is 0. The maximum absolute atomic E-state index is 5.74. The molecule has 2 N–H and O–H groups in total. The van der Waals surface area contributed by atoms with Crippen LogP contribution in [0.25, 0.3) is 5.69 Å².